The van der Waals surface area contributed by atoms with E-state index in [1.807, 2.05) is 6.92 Å². The number of likely N-dealkylation sites (N-methyl/N-ethyl adjacent to an activating group) is 1. The third-order valence-electron chi connectivity index (χ3n) is 3.33. The van der Waals surface area contributed by atoms with E-state index in [-0.39, 0.29) is 23.9 Å². The van der Waals surface area contributed by atoms with Gasteiger partial charge in [0.2, 0.25) is 5.91 Å². The van der Waals surface area contributed by atoms with Crippen molar-refractivity contribution in [1.82, 2.24) is 5.32 Å². The molecule has 1 atom stereocenters. The SMILES string of the molecule is CCNC(=O)C(C)OC1CCC(C(=O)OC)CC1. The lowest BCUT2D eigenvalue weighted by Gasteiger charge is -2.28. The van der Waals surface area contributed by atoms with Crippen molar-refractivity contribution < 1.29 is 19.1 Å². The van der Waals surface area contributed by atoms with E-state index >= 15 is 0 Å². The predicted molar refractivity (Wildman–Crippen MR) is 67.0 cm³/mol. The third kappa shape index (κ3) is 4.29. The molecule has 0 radical (unpaired) electrons. The molecule has 0 bridgehead atoms. The van der Waals surface area contributed by atoms with Crippen LogP contribution in [0.15, 0.2) is 0 Å². The first kappa shape index (κ1) is 15.0. The first-order chi connectivity index (χ1) is 8.58. The molecule has 1 unspecified atom stereocenters. The van der Waals surface area contributed by atoms with Crippen LogP contribution < -0.4 is 5.32 Å². The molecule has 5 nitrogen and oxygen atoms in total. The summed E-state index contributed by atoms with van der Waals surface area (Å²) in [6.07, 6.45) is 2.82. The van der Waals surface area contributed by atoms with Gasteiger partial charge in [0.1, 0.15) is 6.10 Å². The van der Waals surface area contributed by atoms with Gasteiger partial charge < -0.3 is 14.8 Å². The minimum absolute atomic E-state index is 0.00498. The van der Waals surface area contributed by atoms with Crippen molar-refractivity contribution in [3.05, 3.63) is 0 Å². The van der Waals surface area contributed by atoms with Gasteiger partial charge in [-0.1, -0.05) is 0 Å². The monoisotopic (exact) mass is 257 g/mol. The summed E-state index contributed by atoms with van der Waals surface area (Å²) in [7, 11) is 1.42. The molecule has 1 amide bonds. The number of ether oxygens (including phenoxy) is 2. The van der Waals surface area contributed by atoms with Gasteiger partial charge >= 0.3 is 5.97 Å². The Morgan fingerprint density at radius 3 is 2.39 bits per heavy atom. The Hall–Kier alpha value is -1.10. The largest absolute Gasteiger partial charge is 0.469 e. The molecule has 1 saturated carbocycles. The predicted octanol–water partition coefficient (Wildman–Crippen LogP) is 1.26. The van der Waals surface area contributed by atoms with Crippen LogP contribution in [0.1, 0.15) is 39.5 Å². The second-order valence-corrected chi connectivity index (χ2v) is 4.67. The highest BCUT2D eigenvalue weighted by Crippen LogP contribution is 2.27. The van der Waals surface area contributed by atoms with Gasteiger partial charge in [0.15, 0.2) is 0 Å². The van der Waals surface area contributed by atoms with Gasteiger partial charge in [-0.3, -0.25) is 9.59 Å². The van der Waals surface area contributed by atoms with Crippen LogP contribution >= 0.6 is 0 Å². The molecule has 0 aromatic carbocycles. The van der Waals surface area contributed by atoms with Gasteiger partial charge in [-0.2, -0.15) is 0 Å². The molecule has 18 heavy (non-hydrogen) atoms. The first-order valence-electron chi connectivity index (χ1n) is 6.59. The zero-order valence-electron chi connectivity index (χ0n) is 11.4. The average molecular weight is 257 g/mol. The highest BCUT2D eigenvalue weighted by Gasteiger charge is 2.29. The number of hydrogen-bond donors (Lipinski definition) is 1. The Morgan fingerprint density at radius 2 is 1.89 bits per heavy atom. The fourth-order valence-electron chi connectivity index (χ4n) is 2.27. The summed E-state index contributed by atoms with van der Waals surface area (Å²) in [5.74, 6) is -0.215. The molecule has 0 spiro atoms. The molecular weight excluding hydrogens is 234 g/mol. The minimum Gasteiger partial charge on any atom is -0.469 e. The van der Waals surface area contributed by atoms with Gasteiger partial charge in [0.05, 0.1) is 19.1 Å². The quantitative estimate of drug-likeness (QED) is 0.753. The number of carbonyl (C=O) groups excluding carboxylic acids is 2. The van der Waals surface area contributed by atoms with E-state index < -0.39 is 6.10 Å². The van der Waals surface area contributed by atoms with Gasteiger partial charge in [0.25, 0.3) is 0 Å². The standard InChI is InChI=1S/C13H23NO4/c1-4-14-12(15)9(2)18-11-7-5-10(6-8-11)13(16)17-3/h9-11H,4-8H2,1-3H3,(H,14,15). The number of nitrogens with one attached hydrogen (secondary N) is 1. The van der Waals surface area contributed by atoms with Gasteiger partial charge in [0, 0.05) is 6.54 Å². The Balaban J connectivity index is 2.31. The zero-order valence-corrected chi connectivity index (χ0v) is 11.4. The highest BCUT2D eigenvalue weighted by atomic mass is 16.5. The van der Waals surface area contributed by atoms with Crippen LogP contribution in [0.5, 0.6) is 0 Å². The molecule has 0 saturated heterocycles. The molecule has 1 rings (SSSR count). The fraction of sp³-hybridized carbons (Fsp3) is 0.846. The van der Waals surface area contributed by atoms with Gasteiger partial charge in [-0.25, -0.2) is 0 Å². The lowest BCUT2D eigenvalue weighted by atomic mass is 9.87. The maximum absolute atomic E-state index is 11.5. The van der Waals surface area contributed by atoms with Crippen LogP contribution in [-0.4, -0.2) is 37.7 Å². The van der Waals surface area contributed by atoms with Crippen LogP contribution in [0.3, 0.4) is 0 Å². The van der Waals surface area contributed by atoms with E-state index in [4.69, 9.17) is 9.47 Å². The lowest BCUT2D eigenvalue weighted by Crippen LogP contribution is -2.38. The van der Waals surface area contributed by atoms with Crippen LogP contribution in [0.4, 0.5) is 0 Å². The van der Waals surface area contributed by atoms with Crippen LogP contribution in [0.2, 0.25) is 0 Å². The molecule has 0 aromatic heterocycles. The summed E-state index contributed by atoms with van der Waals surface area (Å²) < 4.78 is 10.4. The first-order valence-corrected chi connectivity index (χ1v) is 6.59. The second kappa shape index (κ2) is 7.36. The molecule has 1 fully saturated rings. The minimum atomic E-state index is -0.426. The number of carbonyl (C=O) groups is 2. The highest BCUT2D eigenvalue weighted by molar-refractivity contribution is 5.80. The lowest BCUT2D eigenvalue weighted by molar-refractivity contribution is -0.149. The molecule has 1 N–H and O–H groups in total. The number of amides is 1. The van der Waals surface area contributed by atoms with E-state index in [2.05, 4.69) is 5.32 Å². The van der Waals surface area contributed by atoms with Gasteiger partial charge in [-0.05, 0) is 39.5 Å². The third-order valence-corrected chi connectivity index (χ3v) is 3.33. The topological polar surface area (TPSA) is 64.6 Å². The van der Waals surface area contributed by atoms with E-state index in [0.29, 0.717) is 6.54 Å². The van der Waals surface area contributed by atoms with Crippen LogP contribution in [0.25, 0.3) is 0 Å². The molecule has 0 aromatic rings. The summed E-state index contributed by atoms with van der Waals surface area (Å²) >= 11 is 0. The summed E-state index contributed by atoms with van der Waals surface area (Å²) in [6, 6.07) is 0. The molecule has 1 aliphatic rings. The maximum Gasteiger partial charge on any atom is 0.308 e. The van der Waals surface area contributed by atoms with Crippen molar-refractivity contribution in [2.45, 2.75) is 51.7 Å². The summed E-state index contributed by atoms with van der Waals surface area (Å²) in [4.78, 5) is 22.9. The maximum atomic E-state index is 11.5. The molecule has 0 aliphatic heterocycles. The normalized spacial score (nSPS) is 25.3. The van der Waals surface area contributed by atoms with Crippen LogP contribution in [0, 0.1) is 5.92 Å². The molecule has 5 heteroatoms. The number of rotatable bonds is 5. The van der Waals surface area contributed by atoms with E-state index in [9.17, 15) is 9.59 Å². The molecule has 104 valence electrons. The molecular formula is C13H23NO4. The van der Waals surface area contributed by atoms with Crippen molar-refractivity contribution >= 4 is 11.9 Å². The Kier molecular flexibility index (Phi) is 6.12. The van der Waals surface area contributed by atoms with Crippen molar-refractivity contribution in [2.75, 3.05) is 13.7 Å². The zero-order chi connectivity index (χ0) is 13.5. The summed E-state index contributed by atoms with van der Waals surface area (Å²) in [5.41, 5.74) is 0. The Morgan fingerprint density at radius 1 is 1.28 bits per heavy atom. The summed E-state index contributed by atoms with van der Waals surface area (Å²) in [5, 5.41) is 2.73. The van der Waals surface area contributed by atoms with E-state index in [0.717, 1.165) is 25.7 Å². The van der Waals surface area contributed by atoms with Crippen molar-refractivity contribution in [2.24, 2.45) is 5.92 Å². The van der Waals surface area contributed by atoms with Gasteiger partial charge in [-0.15, -0.1) is 0 Å². The summed E-state index contributed by atoms with van der Waals surface area (Å²) in [6.45, 7) is 4.26. The smallest absolute Gasteiger partial charge is 0.308 e. The van der Waals surface area contributed by atoms with Crippen molar-refractivity contribution in [1.29, 1.82) is 0 Å². The Labute approximate surface area is 108 Å². The van der Waals surface area contributed by atoms with Crippen LogP contribution in [-0.2, 0) is 19.1 Å². The van der Waals surface area contributed by atoms with E-state index in [1.54, 1.807) is 6.92 Å². The fourth-order valence-corrected chi connectivity index (χ4v) is 2.27. The Bertz CT molecular complexity index is 285. The number of esters is 1. The van der Waals surface area contributed by atoms with Crippen molar-refractivity contribution in [3.63, 3.8) is 0 Å². The molecule has 1 aliphatic carbocycles. The average Bonchev–Trinajstić information content (AvgIpc) is 2.39. The second-order valence-electron chi connectivity index (χ2n) is 4.67. The van der Waals surface area contributed by atoms with E-state index in [1.165, 1.54) is 7.11 Å². The number of hydrogen-bond acceptors (Lipinski definition) is 4. The number of methoxy groups -OCH3 is 1. The molecule has 0 heterocycles. The van der Waals surface area contributed by atoms with Crippen molar-refractivity contribution in [3.8, 4) is 0 Å².